The highest BCUT2D eigenvalue weighted by atomic mass is 19.1. The fourth-order valence-electron chi connectivity index (χ4n) is 2.93. The summed E-state index contributed by atoms with van der Waals surface area (Å²) in [5, 5.41) is 5.57. The van der Waals surface area contributed by atoms with Crippen LogP contribution in [0.3, 0.4) is 0 Å². The number of amides is 2. The Morgan fingerprint density at radius 1 is 1.03 bits per heavy atom. The molecule has 0 radical (unpaired) electrons. The number of benzene rings is 1. The molecule has 3 rings (SSSR count). The summed E-state index contributed by atoms with van der Waals surface area (Å²) in [6.07, 6.45) is 2.05. The van der Waals surface area contributed by atoms with Gasteiger partial charge in [0.05, 0.1) is 5.52 Å². The normalized spacial score (nSPS) is 11.0. The number of hydrogen-bond donors (Lipinski definition) is 2. The lowest BCUT2D eigenvalue weighted by Gasteiger charge is -2.09. The number of nitrogens with one attached hydrogen (secondary N) is 2. The molecule has 0 spiro atoms. The number of hydrogen-bond acceptors (Lipinski definition) is 4. The van der Waals surface area contributed by atoms with Gasteiger partial charge in [0.2, 0.25) is 5.82 Å². The number of imidazole rings is 1. The van der Waals surface area contributed by atoms with Crippen LogP contribution in [0.4, 0.5) is 4.39 Å². The van der Waals surface area contributed by atoms with Gasteiger partial charge < -0.3 is 15.5 Å². The Morgan fingerprint density at radius 3 is 2.52 bits per heavy atom. The number of rotatable bonds is 8. The van der Waals surface area contributed by atoms with Gasteiger partial charge >= 0.3 is 0 Å². The van der Waals surface area contributed by atoms with Crippen molar-refractivity contribution in [1.82, 2.24) is 24.9 Å². The second-order valence-corrected chi connectivity index (χ2v) is 6.90. The van der Waals surface area contributed by atoms with E-state index in [-0.39, 0.29) is 29.8 Å². The summed E-state index contributed by atoms with van der Waals surface area (Å²) in [4.78, 5) is 31.4. The molecule has 0 unspecified atom stereocenters. The van der Waals surface area contributed by atoms with Crippen LogP contribution < -0.4 is 10.6 Å². The van der Waals surface area contributed by atoms with Gasteiger partial charge in [0.1, 0.15) is 5.82 Å². The van der Waals surface area contributed by atoms with Crippen molar-refractivity contribution < 1.29 is 14.0 Å². The van der Waals surface area contributed by atoms with E-state index in [2.05, 4.69) is 15.6 Å². The summed E-state index contributed by atoms with van der Waals surface area (Å²) in [6.45, 7) is 1.43. The molecular weight excluding hydrogens is 373 g/mol. The zero-order chi connectivity index (χ0) is 20.8. The number of halogens is 1. The van der Waals surface area contributed by atoms with Gasteiger partial charge in [-0.2, -0.15) is 0 Å². The van der Waals surface area contributed by atoms with Gasteiger partial charge in [-0.1, -0.05) is 24.3 Å². The van der Waals surface area contributed by atoms with E-state index < -0.39 is 5.91 Å². The van der Waals surface area contributed by atoms with Crippen molar-refractivity contribution in [3.05, 3.63) is 71.6 Å². The van der Waals surface area contributed by atoms with Gasteiger partial charge in [-0.15, -0.1) is 0 Å². The van der Waals surface area contributed by atoms with E-state index in [9.17, 15) is 14.0 Å². The van der Waals surface area contributed by atoms with Crippen LogP contribution in [0.2, 0.25) is 0 Å². The van der Waals surface area contributed by atoms with Crippen LogP contribution in [0.15, 0.2) is 48.7 Å². The molecule has 0 bridgehead atoms. The Labute approximate surface area is 168 Å². The van der Waals surface area contributed by atoms with Crippen molar-refractivity contribution in [2.45, 2.75) is 6.42 Å². The number of carbonyl (C=O) groups excluding carboxylic acids is 2. The largest absolute Gasteiger partial charge is 0.349 e. The van der Waals surface area contributed by atoms with Crippen molar-refractivity contribution >= 4 is 17.3 Å². The lowest BCUT2D eigenvalue weighted by Crippen LogP contribution is -2.31. The molecule has 0 fully saturated rings. The molecule has 2 amide bonds. The monoisotopic (exact) mass is 397 g/mol. The molecule has 152 valence electrons. The minimum Gasteiger partial charge on any atom is -0.349 e. The summed E-state index contributed by atoms with van der Waals surface area (Å²) in [6, 6.07) is 11.7. The minimum atomic E-state index is -0.421. The topological polar surface area (TPSA) is 78.7 Å². The second kappa shape index (κ2) is 9.29. The average Bonchev–Trinajstić information content (AvgIpc) is 3.09. The van der Waals surface area contributed by atoms with Gasteiger partial charge in [0.15, 0.2) is 5.69 Å². The molecule has 2 N–H and O–H groups in total. The predicted octanol–water partition coefficient (Wildman–Crippen LogP) is 1.74. The number of pyridine rings is 1. The standard InChI is InChI=1S/C21H24FN5O2/c1-26(2)14-12-24-20(28)18-17-9-5-6-13-27(17)19(25-18)21(29)23-11-10-15-7-3-4-8-16(15)22/h3-9,13H,10-12,14H2,1-2H3,(H,23,29)(H,24,28). The first-order chi connectivity index (χ1) is 14.0. The van der Waals surface area contributed by atoms with Crippen molar-refractivity contribution in [3.63, 3.8) is 0 Å². The molecule has 2 aromatic heterocycles. The maximum absolute atomic E-state index is 13.7. The minimum absolute atomic E-state index is 0.117. The van der Waals surface area contributed by atoms with Gasteiger partial charge in [-0.3, -0.25) is 14.0 Å². The van der Waals surface area contributed by atoms with Crippen LogP contribution in [-0.4, -0.2) is 59.8 Å². The first-order valence-electron chi connectivity index (χ1n) is 9.39. The third-order valence-electron chi connectivity index (χ3n) is 4.45. The SMILES string of the molecule is CN(C)CCNC(=O)c1nc(C(=O)NCCc2ccccc2F)n2ccccc12. The Balaban J connectivity index is 1.72. The Hall–Kier alpha value is -3.26. The van der Waals surface area contributed by atoms with E-state index in [1.807, 2.05) is 19.0 Å². The molecule has 2 heterocycles. The van der Waals surface area contributed by atoms with E-state index in [4.69, 9.17) is 0 Å². The first-order valence-corrected chi connectivity index (χ1v) is 9.39. The van der Waals surface area contributed by atoms with Crippen LogP contribution >= 0.6 is 0 Å². The summed E-state index contributed by atoms with van der Waals surface area (Å²) < 4.78 is 15.3. The van der Waals surface area contributed by atoms with Gasteiger partial charge in [-0.25, -0.2) is 9.37 Å². The molecule has 8 heteroatoms. The Morgan fingerprint density at radius 2 is 1.76 bits per heavy atom. The highest BCUT2D eigenvalue weighted by Crippen LogP contribution is 2.13. The highest BCUT2D eigenvalue weighted by molar-refractivity contribution is 6.02. The van der Waals surface area contributed by atoms with E-state index in [0.29, 0.717) is 30.6 Å². The summed E-state index contributed by atoms with van der Waals surface area (Å²) in [5.41, 5.74) is 1.28. The zero-order valence-corrected chi connectivity index (χ0v) is 16.5. The Kier molecular flexibility index (Phi) is 6.56. The summed E-state index contributed by atoms with van der Waals surface area (Å²) >= 11 is 0. The summed E-state index contributed by atoms with van der Waals surface area (Å²) in [7, 11) is 3.84. The molecule has 0 atom stereocenters. The molecule has 0 saturated carbocycles. The number of nitrogens with zero attached hydrogens (tertiary/aromatic N) is 3. The fraction of sp³-hybridized carbons (Fsp3) is 0.286. The van der Waals surface area contributed by atoms with Crippen LogP contribution in [-0.2, 0) is 6.42 Å². The maximum Gasteiger partial charge on any atom is 0.287 e. The van der Waals surface area contributed by atoms with Crippen molar-refractivity contribution in [3.8, 4) is 0 Å². The molecule has 3 aromatic rings. The molecule has 0 saturated heterocycles. The van der Waals surface area contributed by atoms with E-state index >= 15 is 0 Å². The quantitative estimate of drug-likeness (QED) is 0.607. The molecule has 0 aliphatic carbocycles. The predicted molar refractivity (Wildman–Crippen MR) is 109 cm³/mol. The second-order valence-electron chi connectivity index (χ2n) is 6.90. The van der Waals surface area contributed by atoms with Crippen molar-refractivity contribution in [2.75, 3.05) is 33.7 Å². The maximum atomic E-state index is 13.7. The van der Waals surface area contributed by atoms with Crippen LogP contribution in [0, 0.1) is 5.82 Å². The highest BCUT2D eigenvalue weighted by Gasteiger charge is 2.21. The number of likely N-dealkylation sites (N-methyl/N-ethyl adjacent to an activating group) is 1. The van der Waals surface area contributed by atoms with Crippen LogP contribution in [0.1, 0.15) is 26.7 Å². The third kappa shape index (κ3) is 4.97. The Bertz CT molecular complexity index is 1020. The van der Waals surface area contributed by atoms with Crippen LogP contribution in [0.25, 0.3) is 5.52 Å². The van der Waals surface area contributed by atoms with Gasteiger partial charge in [-0.05, 0) is 44.3 Å². The third-order valence-corrected chi connectivity index (χ3v) is 4.45. The molecule has 7 nitrogen and oxygen atoms in total. The lowest BCUT2D eigenvalue weighted by atomic mass is 10.1. The molecule has 1 aromatic carbocycles. The molecule has 29 heavy (non-hydrogen) atoms. The van der Waals surface area contributed by atoms with E-state index in [1.54, 1.807) is 47.0 Å². The number of carbonyl (C=O) groups is 2. The fourth-order valence-corrected chi connectivity index (χ4v) is 2.93. The number of aromatic nitrogens is 2. The van der Waals surface area contributed by atoms with Gasteiger partial charge in [0, 0.05) is 25.8 Å². The molecule has 0 aliphatic heterocycles. The lowest BCUT2D eigenvalue weighted by molar-refractivity contribution is 0.0943. The van der Waals surface area contributed by atoms with E-state index in [1.165, 1.54) is 6.07 Å². The zero-order valence-electron chi connectivity index (χ0n) is 16.5. The average molecular weight is 397 g/mol. The molecular formula is C21H24FN5O2. The first kappa shape index (κ1) is 20.5. The van der Waals surface area contributed by atoms with Crippen molar-refractivity contribution in [2.24, 2.45) is 0 Å². The smallest absolute Gasteiger partial charge is 0.287 e. The van der Waals surface area contributed by atoms with Crippen LogP contribution in [0.5, 0.6) is 0 Å². The number of fused-ring (bicyclic) bond motifs is 1. The van der Waals surface area contributed by atoms with Gasteiger partial charge in [0.25, 0.3) is 11.8 Å². The molecule has 0 aliphatic rings. The van der Waals surface area contributed by atoms with E-state index in [0.717, 1.165) is 0 Å². The van der Waals surface area contributed by atoms with Crippen molar-refractivity contribution in [1.29, 1.82) is 0 Å². The summed E-state index contributed by atoms with van der Waals surface area (Å²) in [5.74, 6) is -0.938.